The van der Waals surface area contributed by atoms with Gasteiger partial charge in [0.25, 0.3) is 5.91 Å². The number of nitrogens with zero attached hydrogens (tertiary/aromatic N) is 1. The lowest BCUT2D eigenvalue weighted by atomic mass is 10.0. The molecule has 2 amide bonds. The fourth-order valence-corrected chi connectivity index (χ4v) is 4.29. The zero-order valence-electron chi connectivity index (χ0n) is 18.1. The molecular formula is C23H24Br2N4O4. The smallest absolute Gasteiger partial charge is 0.407 e. The maximum absolute atomic E-state index is 12.9. The van der Waals surface area contributed by atoms with Gasteiger partial charge in [0.1, 0.15) is 11.8 Å². The number of phenols is 1. The van der Waals surface area contributed by atoms with Gasteiger partial charge in [-0.25, -0.2) is 10.2 Å². The van der Waals surface area contributed by atoms with Crippen LogP contribution in [0.3, 0.4) is 0 Å². The third-order valence-electron chi connectivity index (χ3n) is 4.68. The average molecular weight is 580 g/mol. The Kier molecular flexibility index (Phi) is 8.51. The van der Waals surface area contributed by atoms with Crippen LogP contribution in [0.4, 0.5) is 4.79 Å². The number of halogens is 2. The Bertz CT molecular complexity index is 1150. The number of hydrogen-bond donors (Lipinski definition) is 4. The van der Waals surface area contributed by atoms with Crippen LogP contribution in [0.25, 0.3) is 10.9 Å². The highest BCUT2D eigenvalue weighted by Crippen LogP contribution is 2.32. The number of hydrogen-bond acceptors (Lipinski definition) is 5. The van der Waals surface area contributed by atoms with Crippen LogP contribution < -0.4 is 10.7 Å². The van der Waals surface area contributed by atoms with E-state index in [1.165, 1.54) is 6.21 Å². The zero-order valence-corrected chi connectivity index (χ0v) is 21.2. The van der Waals surface area contributed by atoms with Gasteiger partial charge in [0.05, 0.1) is 21.8 Å². The van der Waals surface area contributed by atoms with E-state index in [0.29, 0.717) is 14.5 Å². The van der Waals surface area contributed by atoms with Crippen molar-refractivity contribution >= 4 is 61.0 Å². The van der Waals surface area contributed by atoms with Gasteiger partial charge in [-0.2, -0.15) is 5.10 Å². The number of nitrogens with one attached hydrogen (secondary N) is 3. The second-order valence-corrected chi connectivity index (χ2v) is 9.53. The minimum Gasteiger partial charge on any atom is -0.506 e. The second-order valence-electron chi connectivity index (χ2n) is 7.82. The number of carbonyl (C=O) groups is 2. The minimum atomic E-state index is -0.903. The molecule has 0 spiro atoms. The van der Waals surface area contributed by atoms with Crippen LogP contribution in [-0.4, -0.2) is 41.0 Å². The normalized spacial score (nSPS) is 12.3. The summed E-state index contributed by atoms with van der Waals surface area (Å²) >= 11 is 6.50. The summed E-state index contributed by atoms with van der Waals surface area (Å²) in [6.07, 6.45) is 2.84. The number of aromatic hydroxyl groups is 1. The summed E-state index contributed by atoms with van der Waals surface area (Å²) in [6.45, 7) is 4.10. The maximum Gasteiger partial charge on any atom is 0.407 e. The van der Waals surface area contributed by atoms with Crippen molar-refractivity contribution in [3.05, 3.63) is 62.7 Å². The number of aromatic nitrogens is 1. The minimum absolute atomic E-state index is 0.0686. The molecule has 33 heavy (non-hydrogen) atoms. The van der Waals surface area contributed by atoms with Crippen molar-refractivity contribution in [2.75, 3.05) is 6.61 Å². The molecule has 0 saturated carbocycles. The first kappa shape index (κ1) is 24.8. The number of aromatic amines is 1. The summed E-state index contributed by atoms with van der Waals surface area (Å²) < 4.78 is 6.16. The number of fused-ring (bicyclic) bond motifs is 1. The van der Waals surface area contributed by atoms with Crippen molar-refractivity contribution in [2.45, 2.75) is 26.3 Å². The number of ether oxygens (including phenoxy) is 1. The lowest BCUT2D eigenvalue weighted by Gasteiger charge is -2.17. The van der Waals surface area contributed by atoms with E-state index < -0.39 is 18.0 Å². The molecule has 1 atom stereocenters. The van der Waals surface area contributed by atoms with Crippen LogP contribution in [0.15, 0.2) is 56.6 Å². The molecule has 4 N–H and O–H groups in total. The predicted molar refractivity (Wildman–Crippen MR) is 134 cm³/mol. The van der Waals surface area contributed by atoms with Gasteiger partial charge in [0, 0.05) is 23.5 Å². The Balaban J connectivity index is 1.74. The summed E-state index contributed by atoms with van der Waals surface area (Å²) in [4.78, 5) is 28.3. The molecule has 3 rings (SSSR count). The van der Waals surface area contributed by atoms with E-state index in [1.807, 2.05) is 44.3 Å². The second kappa shape index (κ2) is 11.3. The van der Waals surface area contributed by atoms with Gasteiger partial charge in [0.2, 0.25) is 0 Å². The van der Waals surface area contributed by atoms with Gasteiger partial charge in [-0.3, -0.25) is 4.79 Å². The van der Waals surface area contributed by atoms with Crippen molar-refractivity contribution < 1.29 is 19.4 Å². The fourth-order valence-electron chi connectivity index (χ4n) is 3.06. The summed E-state index contributed by atoms with van der Waals surface area (Å²) in [5.41, 5.74) is 4.94. The molecule has 0 fully saturated rings. The molecule has 0 bridgehead atoms. The topological polar surface area (TPSA) is 116 Å². The lowest BCUT2D eigenvalue weighted by Crippen LogP contribution is -2.47. The molecule has 1 unspecified atom stereocenters. The highest BCUT2D eigenvalue weighted by atomic mass is 79.9. The number of benzene rings is 2. The van der Waals surface area contributed by atoms with Crippen molar-refractivity contribution in [3.8, 4) is 5.75 Å². The van der Waals surface area contributed by atoms with Gasteiger partial charge in [-0.1, -0.05) is 32.0 Å². The molecule has 0 radical (unpaired) electrons. The number of carbonyl (C=O) groups excluding carboxylic acids is 2. The maximum atomic E-state index is 12.9. The molecule has 0 aliphatic rings. The number of phenolic OH excluding ortho intramolecular Hbond substituents is 1. The Labute approximate surface area is 208 Å². The van der Waals surface area contributed by atoms with Crippen LogP contribution in [0.2, 0.25) is 0 Å². The van der Waals surface area contributed by atoms with Crippen LogP contribution >= 0.6 is 31.9 Å². The van der Waals surface area contributed by atoms with Crippen molar-refractivity contribution in [2.24, 2.45) is 11.0 Å². The molecule has 2 aromatic carbocycles. The molecule has 3 aromatic rings. The average Bonchev–Trinajstić information content (AvgIpc) is 3.18. The number of H-pyrrole nitrogens is 1. The number of amides is 2. The van der Waals surface area contributed by atoms with Crippen LogP contribution in [-0.2, 0) is 16.0 Å². The van der Waals surface area contributed by atoms with Gasteiger partial charge in [-0.15, -0.1) is 0 Å². The van der Waals surface area contributed by atoms with Crippen molar-refractivity contribution in [1.82, 2.24) is 15.7 Å². The van der Waals surface area contributed by atoms with Gasteiger partial charge < -0.3 is 20.1 Å². The predicted octanol–water partition coefficient (Wildman–Crippen LogP) is 4.84. The number of hydrazone groups is 1. The monoisotopic (exact) mass is 578 g/mol. The molecule has 1 heterocycles. The fraction of sp³-hybridized carbons (Fsp3) is 0.261. The zero-order chi connectivity index (χ0) is 24.0. The van der Waals surface area contributed by atoms with Crippen LogP contribution in [0.1, 0.15) is 25.0 Å². The Morgan fingerprint density at radius 3 is 2.61 bits per heavy atom. The molecule has 174 valence electrons. The first-order chi connectivity index (χ1) is 15.7. The number of rotatable bonds is 8. The Hall–Kier alpha value is -2.85. The SMILES string of the molecule is CC(C)COC(=O)NC(Cc1c[nH]c2ccccc12)C(=O)N/N=C/c1cc(Br)c(O)c(Br)c1. The van der Waals surface area contributed by atoms with E-state index >= 15 is 0 Å². The van der Waals surface area contributed by atoms with Gasteiger partial charge in [-0.05, 0) is 67.1 Å². The van der Waals surface area contributed by atoms with E-state index in [0.717, 1.165) is 16.5 Å². The number of para-hydroxylation sites is 1. The largest absolute Gasteiger partial charge is 0.506 e. The molecule has 8 nitrogen and oxygen atoms in total. The van der Waals surface area contributed by atoms with E-state index in [9.17, 15) is 14.7 Å². The summed E-state index contributed by atoms with van der Waals surface area (Å²) in [5, 5.41) is 17.4. The first-order valence-corrected chi connectivity index (χ1v) is 11.8. The molecule has 1 aromatic heterocycles. The van der Waals surface area contributed by atoms with Crippen LogP contribution in [0.5, 0.6) is 5.75 Å². The van der Waals surface area contributed by atoms with E-state index in [1.54, 1.807) is 12.1 Å². The Morgan fingerprint density at radius 2 is 1.91 bits per heavy atom. The molecule has 0 aliphatic heterocycles. The Morgan fingerprint density at radius 1 is 1.21 bits per heavy atom. The van der Waals surface area contributed by atoms with E-state index in [4.69, 9.17) is 4.74 Å². The quantitative estimate of drug-likeness (QED) is 0.226. The molecule has 10 heteroatoms. The highest BCUT2D eigenvalue weighted by molar-refractivity contribution is 9.11. The van der Waals surface area contributed by atoms with E-state index in [-0.39, 0.29) is 24.7 Å². The molecule has 0 aliphatic carbocycles. The molecular weight excluding hydrogens is 556 g/mol. The highest BCUT2D eigenvalue weighted by Gasteiger charge is 2.23. The van der Waals surface area contributed by atoms with Crippen molar-refractivity contribution in [1.29, 1.82) is 0 Å². The van der Waals surface area contributed by atoms with Gasteiger partial charge in [0.15, 0.2) is 0 Å². The lowest BCUT2D eigenvalue weighted by molar-refractivity contribution is -0.123. The summed E-state index contributed by atoms with van der Waals surface area (Å²) in [6, 6.07) is 10.1. The number of alkyl carbamates (subject to hydrolysis) is 1. The van der Waals surface area contributed by atoms with Gasteiger partial charge >= 0.3 is 6.09 Å². The summed E-state index contributed by atoms with van der Waals surface area (Å²) in [5.74, 6) is -0.251. The molecule has 0 saturated heterocycles. The first-order valence-electron chi connectivity index (χ1n) is 10.2. The standard InChI is InChI=1S/C23H24Br2N4O4/c1-13(2)12-33-23(32)28-20(9-15-11-26-19-6-4-3-5-16(15)19)22(31)29-27-10-14-7-17(24)21(30)18(25)8-14/h3-8,10-11,13,20,26,30H,9,12H2,1-2H3,(H,28,32)(H,29,31)/b27-10+. The van der Waals surface area contributed by atoms with Crippen molar-refractivity contribution in [3.63, 3.8) is 0 Å². The third kappa shape index (κ3) is 6.82. The summed E-state index contributed by atoms with van der Waals surface area (Å²) in [7, 11) is 0. The third-order valence-corrected chi connectivity index (χ3v) is 5.89. The van der Waals surface area contributed by atoms with Crippen LogP contribution in [0, 0.1) is 5.92 Å². The van der Waals surface area contributed by atoms with E-state index in [2.05, 4.69) is 52.7 Å².